The molecule has 0 spiro atoms. The number of aromatic nitrogens is 2. The average Bonchev–Trinajstić information content (AvgIpc) is 3.04. The lowest BCUT2D eigenvalue weighted by Gasteiger charge is -2.45. The molecule has 1 aliphatic rings. The molecule has 3 rings (SSSR count). The highest BCUT2D eigenvalue weighted by atomic mass is 31.0. The number of nitrogens with two attached hydrogens (primary N) is 1. The summed E-state index contributed by atoms with van der Waals surface area (Å²) in [6, 6.07) is 3.30. The van der Waals surface area contributed by atoms with Crippen LogP contribution in [-0.2, 0) is 18.8 Å². The molecule has 28 heavy (non-hydrogen) atoms. The molecule has 1 aliphatic heterocycles. The fraction of sp³-hybridized carbons (Fsp3) is 0.476. The van der Waals surface area contributed by atoms with Crippen LogP contribution < -0.4 is 11.0 Å². The molecular weight excluding hydrogens is 377 g/mol. The van der Waals surface area contributed by atoms with Gasteiger partial charge in [-0.05, 0) is 31.9 Å². The van der Waals surface area contributed by atoms with Crippen LogP contribution in [0, 0.1) is 5.82 Å². The Kier molecular flexibility index (Phi) is 5.66. The summed E-state index contributed by atoms with van der Waals surface area (Å²) in [4.78, 5) is 7.19. The van der Waals surface area contributed by atoms with Crippen molar-refractivity contribution in [3.63, 3.8) is 0 Å². The van der Waals surface area contributed by atoms with Gasteiger partial charge in [0.1, 0.15) is 18.3 Å². The van der Waals surface area contributed by atoms with Crippen molar-refractivity contribution >= 4 is 14.5 Å². The zero-order chi connectivity index (χ0) is 20.8. The molecule has 0 bridgehead atoms. The number of nitrogens with zero attached hydrogens (tertiary/aromatic N) is 3. The van der Waals surface area contributed by atoms with Crippen molar-refractivity contribution in [1.29, 1.82) is 0 Å². The van der Waals surface area contributed by atoms with Gasteiger partial charge in [-0.3, -0.25) is 0 Å². The van der Waals surface area contributed by atoms with Gasteiger partial charge in [-0.1, -0.05) is 20.4 Å². The Morgan fingerprint density at radius 2 is 2.04 bits per heavy atom. The number of hydrogen-bond acceptors (Lipinski definition) is 3. The number of halogens is 2. The highest BCUT2D eigenvalue weighted by Crippen LogP contribution is 2.39. The molecule has 0 aliphatic carbocycles. The van der Waals surface area contributed by atoms with Gasteiger partial charge in [0.25, 0.3) is 0 Å². The van der Waals surface area contributed by atoms with Crippen molar-refractivity contribution in [2.24, 2.45) is 5.73 Å². The molecule has 4 nitrogen and oxygen atoms in total. The Morgan fingerprint density at radius 3 is 2.61 bits per heavy atom. The average molecular weight is 406 g/mol. The van der Waals surface area contributed by atoms with E-state index in [9.17, 15) is 8.78 Å². The lowest BCUT2D eigenvalue weighted by Crippen LogP contribution is -2.49. The van der Waals surface area contributed by atoms with Crippen LogP contribution in [0.3, 0.4) is 0 Å². The number of fused-ring (bicyclic) bond motifs is 1. The predicted octanol–water partition coefficient (Wildman–Crippen LogP) is 3.81. The molecule has 2 heterocycles. The Morgan fingerprint density at radius 1 is 1.36 bits per heavy atom. The van der Waals surface area contributed by atoms with E-state index in [1.165, 1.54) is 0 Å². The third-order valence-electron chi connectivity index (χ3n) is 5.53. The van der Waals surface area contributed by atoms with Gasteiger partial charge in [-0.25, -0.2) is 13.8 Å². The zero-order valence-electron chi connectivity index (χ0n) is 17.0. The third-order valence-corrected chi connectivity index (χ3v) is 5.95. The Labute approximate surface area is 168 Å². The predicted molar refractivity (Wildman–Crippen MR) is 114 cm³/mol. The van der Waals surface area contributed by atoms with Gasteiger partial charge in [0.05, 0.1) is 11.2 Å². The molecule has 0 saturated heterocycles. The molecule has 0 fully saturated rings. The number of imidazole rings is 1. The third kappa shape index (κ3) is 3.27. The molecule has 1 aromatic heterocycles. The van der Waals surface area contributed by atoms with Crippen molar-refractivity contribution < 1.29 is 8.78 Å². The second-order valence-electron chi connectivity index (χ2n) is 8.13. The van der Waals surface area contributed by atoms with Gasteiger partial charge >= 0.3 is 0 Å². The summed E-state index contributed by atoms with van der Waals surface area (Å²) in [5.74, 6) is 0.615. The van der Waals surface area contributed by atoms with Gasteiger partial charge in [0, 0.05) is 47.5 Å². The smallest absolute Gasteiger partial charge is 0.136 e. The first-order valence-electron chi connectivity index (χ1n) is 9.54. The van der Waals surface area contributed by atoms with Crippen molar-refractivity contribution in [1.82, 2.24) is 14.5 Å². The second kappa shape index (κ2) is 7.57. The summed E-state index contributed by atoms with van der Waals surface area (Å²) in [6.07, 6.45) is 0. The minimum atomic E-state index is -0.846. The summed E-state index contributed by atoms with van der Waals surface area (Å²) in [5.41, 5.74) is 9.00. The molecule has 1 aromatic carbocycles. The molecule has 2 aromatic rings. The molecule has 0 radical (unpaired) electrons. The molecule has 2 N–H and O–H groups in total. The van der Waals surface area contributed by atoms with Crippen molar-refractivity contribution in [3.05, 3.63) is 47.3 Å². The van der Waals surface area contributed by atoms with E-state index < -0.39 is 12.5 Å². The Balaban J connectivity index is 2.23. The van der Waals surface area contributed by atoms with Gasteiger partial charge in [0.2, 0.25) is 0 Å². The molecule has 152 valence electrons. The topological polar surface area (TPSA) is 47.1 Å². The highest BCUT2D eigenvalue weighted by molar-refractivity contribution is 7.27. The van der Waals surface area contributed by atoms with Gasteiger partial charge in [0.15, 0.2) is 0 Å². The van der Waals surface area contributed by atoms with Crippen LogP contribution in [0.15, 0.2) is 24.4 Å². The molecule has 0 amide bonds. The van der Waals surface area contributed by atoms with E-state index in [4.69, 9.17) is 10.7 Å². The standard InChI is InChI=1S/C21H29F2N4P/c1-12(2)19-18(14-8-15(10-22)17(23)16(28)9-14)25-20-21(4,5)27(13(3)11-24)7-6-26(19)20/h8-9,12H,3,6-7,10-11,24,28H2,1-2,4-5H3. The quantitative estimate of drug-likeness (QED) is 0.769. The molecule has 7 heteroatoms. The SMILES string of the molecule is C=C(CN)N1CCn2c(nc(-c3cc(P)c(F)c(CF)c3)c2C(C)C)C1(C)C. The van der Waals surface area contributed by atoms with Crippen molar-refractivity contribution in [2.45, 2.75) is 52.4 Å². The minimum Gasteiger partial charge on any atom is -0.360 e. The number of alkyl halides is 1. The van der Waals surface area contributed by atoms with Crippen LogP contribution in [-0.4, -0.2) is 27.5 Å². The first-order chi connectivity index (χ1) is 13.1. The summed E-state index contributed by atoms with van der Waals surface area (Å²) in [6.45, 7) is 13.7. The monoisotopic (exact) mass is 406 g/mol. The van der Waals surface area contributed by atoms with Crippen LogP contribution in [0.2, 0.25) is 0 Å². The lowest BCUT2D eigenvalue weighted by atomic mass is 9.97. The maximum Gasteiger partial charge on any atom is 0.136 e. The largest absolute Gasteiger partial charge is 0.360 e. The van der Waals surface area contributed by atoms with E-state index >= 15 is 0 Å². The lowest BCUT2D eigenvalue weighted by molar-refractivity contribution is 0.116. The van der Waals surface area contributed by atoms with E-state index in [0.717, 1.165) is 41.6 Å². The van der Waals surface area contributed by atoms with Gasteiger partial charge in [-0.15, -0.1) is 9.24 Å². The maximum atomic E-state index is 14.2. The first kappa shape index (κ1) is 20.9. The van der Waals surface area contributed by atoms with E-state index in [1.54, 1.807) is 12.1 Å². The number of hydrogen-bond donors (Lipinski definition) is 1. The second-order valence-corrected chi connectivity index (χ2v) is 8.75. The minimum absolute atomic E-state index is 0.0561. The van der Waals surface area contributed by atoms with Crippen LogP contribution in [0.1, 0.15) is 50.7 Å². The van der Waals surface area contributed by atoms with Crippen LogP contribution >= 0.6 is 9.24 Å². The normalized spacial score (nSPS) is 15.8. The summed E-state index contributed by atoms with van der Waals surface area (Å²) >= 11 is 0. The first-order valence-corrected chi connectivity index (χ1v) is 10.1. The molecule has 1 unspecified atom stereocenters. The van der Waals surface area contributed by atoms with E-state index in [2.05, 4.69) is 53.0 Å². The molecule has 1 atom stereocenters. The number of rotatable bonds is 5. The van der Waals surface area contributed by atoms with E-state index in [-0.39, 0.29) is 17.0 Å². The molecular formula is C21H29F2N4P. The fourth-order valence-electron chi connectivity index (χ4n) is 4.16. The highest BCUT2D eigenvalue weighted by Gasteiger charge is 2.39. The molecule has 0 saturated carbocycles. The zero-order valence-corrected chi connectivity index (χ0v) is 18.2. The van der Waals surface area contributed by atoms with Crippen LogP contribution in [0.4, 0.5) is 8.78 Å². The maximum absolute atomic E-state index is 14.2. The summed E-state index contributed by atoms with van der Waals surface area (Å²) < 4.78 is 29.8. The summed E-state index contributed by atoms with van der Waals surface area (Å²) in [7, 11) is 2.36. The van der Waals surface area contributed by atoms with Gasteiger partial charge in [-0.2, -0.15) is 0 Å². The van der Waals surface area contributed by atoms with Gasteiger partial charge < -0.3 is 15.2 Å². The number of benzene rings is 1. The van der Waals surface area contributed by atoms with Crippen LogP contribution in [0.5, 0.6) is 0 Å². The van der Waals surface area contributed by atoms with E-state index in [0.29, 0.717) is 11.8 Å². The fourth-order valence-corrected chi connectivity index (χ4v) is 4.53. The van der Waals surface area contributed by atoms with Crippen LogP contribution in [0.25, 0.3) is 11.3 Å². The Hall–Kier alpha value is -1.78. The Bertz CT molecular complexity index is 918. The van der Waals surface area contributed by atoms with Crippen molar-refractivity contribution in [3.8, 4) is 11.3 Å². The van der Waals surface area contributed by atoms with Crippen molar-refractivity contribution in [2.75, 3.05) is 13.1 Å². The summed E-state index contributed by atoms with van der Waals surface area (Å²) in [5, 5.41) is 0.350. The van der Waals surface area contributed by atoms with E-state index in [1.807, 2.05) is 0 Å².